The highest BCUT2D eigenvalue weighted by atomic mass is 16.6. The van der Waals surface area contributed by atoms with E-state index in [1.54, 1.807) is 19.1 Å². The molecule has 148 valence electrons. The fourth-order valence-electron chi connectivity index (χ4n) is 3.98. The maximum Gasteiger partial charge on any atom is 0.276 e. The quantitative estimate of drug-likeness (QED) is 0.500. The van der Waals surface area contributed by atoms with Gasteiger partial charge in [-0.25, -0.2) is 4.68 Å². The highest BCUT2D eigenvalue weighted by molar-refractivity contribution is 5.93. The Bertz CT molecular complexity index is 1090. The number of fused-ring (bicyclic) bond motifs is 1. The summed E-state index contributed by atoms with van der Waals surface area (Å²) in [6.45, 7) is 4.45. The Balaban J connectivity index is 1.67. The van der Waals surface area contributed by atoms with Gasteiger partial charge in [-0.15, -0.1) is 5.10 Å². The lowest BCUT2D eigenvalue weighted by Gasteiger charge is -2.36. The van der Waals surface area contributed by atoms with Crippen molar-refractivity contribution in [1.29, 1.82) is 0 Å². The second kappa shape index (κ2) is 7.46. The highest BCUT2D eigenvalue weighted by Gasteiger charge is 2.32. The summed E-state index contributed by atoms with van der Waals surface area (Å²) in [6, 6.07) is 14.3. The number of non-ortho nitro benzene ring substituents is 1. The molecule has 8 nitrogen and oxygen atoms in total. The molecule has 1 aliphatic heterocycles. The number of amides is 1. The van der Waals surface area contributed by atoms with Gasteiger partial charge in [0, 0.05) is 18.7 Å². The third kappa shape index (κ3) is 3.26. The maximum absolute atomic E-state index is 13.3. The van der Waals surface area contributed by atoms with Crippen LogP contribution >= 0.6 is 0 Å². The van der Waals surface area contributed by atoms with E-state index in [0.717, 1.165) is 12.8 Å². The normalized spacial score (nSPS) is 15.8. The zero-order chi connectivity index (χ0) is 20.5. The standard InChI is InChI=1S/C21H21N5O3/c1-3-19-18-10-5-4-7-15(18)11-12-24(19)21(27)20-14(2)25(23-22-20)16-8-6-9-17(13-16)26(28)29/h4-10,13,19H,3,11-12H2,1-2H3. The third-order valence-electron chi connectivity index (χ3n) is 5.44. The number of benzene rings is 2. The van der Waals surface area contributed by atoms with Gasteiger partial charge in [-0.2, -0.15) is 0 Å². The zero-order valence-electron chi connectivity index (χ0n) is 16.3. The Kier molecular flexibility index (Phi) is 4.84. The van der Waals surface area contributed by atoms with Gasteiger partial charge in [0.05, 0.1) is 22.3 Å². The van der Waals surface area contributed by atoms with Crippen LogP contribution in [0.1, 0.15) is 46.7 Å². The van der Waals surface area contributed by atoms with Gasteiger partial charge >= 0.3 is 0 Å². The zero-order valence-corrected chi connectivity index (χ0v) is 16.3. The third-order valence-corrected chi connectivity index (χ3v) is 5.44. The molecule has 0 radical (unpaired) electrons. The smallest absolute Gasteiger partial charge is 0.276 e. The first kappa shape index (κ1) is 18.8. The minimum Gasteiger partial charge on any atom is -0.330 e. The lowest BCUT2D eigenvalue weighted by Crippen LogP contribution is -2.40. The molecule has 0 bridgehead atoms. The average molecular weight is 391 g/mol. The topological polar surface area (TPSA) is 94.2 Å². The summed E-state index contributed by atoms with van der Waals surface area (Å²) in [6.07, 6.45) is 1.61. The summed E-state index contributed by atoms with van der Waals surface area (Å²) in [5, 5.41) is 19.3. The van der Waals surface area contributed by atoms with Gasteiger partial charge in [-0.3, -0.25) is 14.9 Å². The van der Waals surface area contributed by atoms with E-state index in [1.165, 1.54) is 27.9 Å². The summed E-state index contributed by atoms with van der Waals surface area (Å²) in [7, 11) is 0. The molecule has 0 saturated heterocycles. The number of nitro benzene ring substituents is 1. The van der Waals surface area contributed by atoms with Crippen LogP contribution in [0.2, 0.25) is 0 Å². The molecular formula is C21H21N5O3. The van der Waals surface area contributed by atoms with Gasteiger partial charge in [-0.1, -0.05) is 42.5 Å². The molecule has 2 aromatic carbocycles. The van der Waals surface area contributed by atoms with Crippen molar-refractivity contribution < 1.29 is 9.72 Å². The number of nitrogens with zero attached hydrogens (tertiary/aromatic N) is 5. The molecule has 4 rings (SSSR count). The Labute approximate surface area is 167 Å². The Hall–Kier alpha value is -3.55. The molecule has 1 aromatic heterocycles. The molecule has 0 N–H and O–H groups in total. The fourth-order valence-corrected chi connectivity index (χ4v) is 3.98. The van der Waals surface area contributed by atoms with E-state index in [2.05, 4.69) is 29.4 Å². The number of rotatable bonds is 4. The molecule has 0 spiro atoms. The second-order valence-electron chi connectivity index (χ2n) is 7.08. The Morgan fingerprint density at radius 1 is 1.24 bits per heavy atom. The molecule has 1 amide bonds. The number of carbonyl (C=O) groups excluding carboxylic acids is 1. The van der Waals surface area contributed by atoms with E-state index in [0.29, 0.717) is 17.9 Å². The maximum atomic E-state index is 13.3. The van der Waals surface area contributed by atoms with Crippen LogP contribution in [0.5, 0.6) is 0 Å². The van der Waals surface area contributed by atoms with Crippen molar-refractivity contribution in [2.75, 3.05) is 6.54 Å². The molecule has 0 fully saturated rings. The number of nitro groups is 1. The average Bonchev–Trinajstić information content (AvgIpc) is 3.13. The highest BCUT2D eigenvalue weighted by Crippen LogP contribution is 2.33. The molecule has 2 heterocycles. The first-order valence-electron chi connectivity index (χ1n) is 9.57. The summed E-state index contributed by atoms with van der Waals surface area (Å²) >= 11 is 0. The molecule has 0 aliphatic carbocycles. The van der Waals surface area contributed by atoms with Crippen LogP contribution in [-0.2, 0) is 6.42 Å². The molecule has 1 unspecified atom stereocenters. The van der Waals surface area contributed by atoms with Crippen LogP contribution in [0.4, 0.5) is 5.69 Å². The molecule has 8 heteroatoms. The Morgan fingerprint density at radius 2 is 2.03 bits per heavy atom. The van der Waals surface area contributed by atoms with Crippen molar-refractivity contribution in [2.24, 2.45) is 0 Å². The lowest BCUT2D eigenvalue weighted by molar-refractivity contribution is -0.384. The second-order valence-corrected chi connectivity index (χ2v) is 7.08. The molecule has 1 atom stereocenters. The number of carbonyl (C=O) groups is 1. The Morgan fingerprint density at radius 3 is 2.79 bits per heavy atom. The van der Waals surface area contributed by atoms with Crippen molar-refractivity contribution in [2.45, 2.75) is 32.7 Å². The minimum atomic E-state index is -0.459. The fraction of sp³-hybridized carbons (Fsp3) is 0.286. The summed E-state index contributed by atoms with van der Waals surface area (Å²) in [5.41, 5.74) is 3.75. The predicted octanol–water partition coefficient (Wildman–Crippen LogP) is 3.63. The molecule has 0 saturated carbocycles. The van der Waals surface area contributed by atoms with E-state index in [9.17, 15) is 14.9 Å². The van der Waals surface area contributed by atoms with E-state index < -0.39 is 4.92 Å². The molecule has 29 heavy (non-hydrogen) atoms. The van der Waals surface area contributed by atoms with Crippen molar-refractivity contribution >= 4 is 11.6 Å². The van der Waals surface area contributed by atoms with Crippen LogP contribution in [0.25, 0.3) is 5.69 Å². The van der Waals surface area contributed by atoms with Gasteiger partial charge in [0.2, 0.25) is 0 Å². The lowest BCUT2D eigenvalue weighted by atomic mass is 9.91. The van der Waals surface area contributed by atoms with Crippen LogP contribution < -0.4 is 0 Å². The summed E-state index contributed by atoms with van der Waals surface area (Å²) < 4.78 is 1.47. The predicted molar refractivity (Wildman–Crippen MR) is 107 cm³/mol. The number of hydrogen-bond acceptors (Lipinski definition) is 5. The monoisotopic (exact) mass is 391 g/mol. The van der Waals surface area contributed by atoms with Gasteiger partial charge in [0.1, 0.15) is 0 Å². The van der Waals surface area contributed by atoms with Gasteiger partial charge < -0.3 is 4.90 Å². The first-order chi connectivity index (χ1) is 14.0. The van der Waals surface area contributed by atoms with Crippen molar-refractivity contribution in [1.82, 2.24) is 19.9 Å². The minimum absolute atomic E-state index is 0.00480. The van der Waals surface area contributed by atoms with Crippen LogP contribution in [0.3, 0.4) is 0 Å². The largest absolute Gasteiger partial charge is 0.330 e. The van der Waals surface area contributed by atoms with Crippen molar-refractivity contribution in [3.63, 3.8) is 0 Å². The first-order valence-corrected chi connectivity index (χ1v) is 9.57. The van der Waals surface area contributed by atoms with E-state index >= 15 is 0 Å². The SMILES string of the molecule is CCC1c2ccccc2CCN1C(=O)c1nnn(-c2cccc([N+](=O)[O-])c2)c1C. The number of hydrogen-bond donors (Lipinski definition) is 0. The van der Waals surface area contributed by atoms with E-state index in [-0.39, 0.29) is 23.3 Å². The van der Waals surface area contributed by atoms with Gasteiger partial charge in [0.25, 0.3) is 11.6 Å². The van der Waals surface area contributed by atoms with Crippen LogP contribution in [0.15, 0.2) is 48.5 Å². The number of aromatic nitrogens is 3. The molecule has 1 aliphatic rings. The molecular weight excluding hydrogens is 370 g/mol. The van der Waals surface area contributed by atoms with Crippen LogP contribution in [0, 0.1) is 17.0 Å². The van der Waals surface area contributed by atoms with Gasteiger partial charge in [-0.05, 0) is 37.0 Å². The van der Waals surface area contributed by atoms with Crippen molar-refractivity contribution in [3.05, 3.63) is 81.2 Å². The van der Waals surface area contributed by atoms with E-state index in [4.69, 9.17) is 0 Å². The molecule has 3 aromatic rings. The van der Waals surface area contributed by atoms with Crippen molar-refractivity contribution in [3.8, 4) is 5.69 Å². The summed E-state index contributed by atoms with van der Waals surface area (Å²) in [5.74, 6) is -0.166. The van der Waals surface area contributed by atoms with E-state index in [1.807, 2.05) is 17.0 Å². The summed E-state index contributed by atoms with van der Waals surface area (Å²) in [4.78, 5) is 25.8. The van der Waals surface area contributed by atoms with Gasteiger partial charge in [0.15, 0.2) is 5.69 Å². The van der Waals surface area contributed by atoms with Crippen LogP contribution in [-0.4, -0.2) is 37.3 Å².